The van der Waals surface area contributed by atoms with Crippen LogP contribution in [-0.2, 0) is 13.6 Å². The lowest BCUT2D eigenvalue weighted by atomic mass is 10.1. The number of hydrogen-bond donors (Lipinski definition) is 1. The maximum absolute atomic E-state index is 13.2. The zero-order valence-corrected chi connectivity index (χ0v) is 10.1. The van der Waals surface area contributed by atoms with Gasteiger partial charge in [-0.2, -0.15) is 5.10 Å². The van der Waals surface area contributed by atoms with Gasteiger partial charge in [0.25, 0.3) is 0 Å². The van der Waals surface area contributed by atoms with Crippen molar-refractivity contribution in [1.29, 1.82) is 0 Å². The van der Waals surface area contributed by atoms with Gasteiger partial charge in [-0.15, -0.1) is 0 Å². The van der Waals surface area contributed by atoms with Crippen molar-refractivity contribution < 1.29 is 4.39 Å². The summed E-state index contributed by atoms with van der Waals surface area (Å²) < 4.78 is 14.9. The second-order valence-electron chi connectivity index (χ2n) is 3.97. The van der Waals surface area contributed by atoms with Crippen molar-refractivity contribution in [3.8, 4) is 11.3 Å². The fraction of sp³-hybridized carbons (Fsp3) is 0.308. The third-order valence-corrected chi connectivity index (χ3v) is 2.57. The summed E-state index contributed by atoms with van der Waals surface area (Å²) in [4.78, 5) is 0. The van der Waals surface area contributed by atoms with Crippen LogP contribution in [-0.4, -0.2) is 16.3 Å². The largest absolute Gasteiger partial charge is 0.313 e. The number of rotatable bonds is 4. The molecular weight excluding hydrogens is 217 g/mol. The van der Waals surface area contributed by atoms with Gasteiger partial charge in [-0.05, 0) is 18.7 Å². The van der Waals surface area contributed by atoms with Gasteiger partial charge in [-0.25, -0.2) is 4.39 Å². The first-order valence-corrected chi connectivity index (χ1v) is 5.70. The van der Waals surface area contributed by atoms with Crippen LogP contribution >= 0.6 is 0 Å². The molecule has 4 heteroatoms. The molecule has 0 aliphatic carbocycles. The van der Waals surface area contributed by atoms with Crippen LogP contribution in [0.3, 0.4) is 0 Å². The molecule has 0 bridgehead atoms. The quantitative estimate of drug-likeness (QED) is 0.878. The van der Waals surface area contributed by atoms with Crippen LogP contribution in [0.4, 0.5) is 4.39 Å². The van der Waals surface area contributed by atoms with Crippen molar-refractivity contribution >= 4 is 0 Å². The van der Waals surface area contributed by atoms with E-state index in [0.717, 1.165) is 29.9 Å². The maximum Gasteiger partial charge on any atom is 0.123 e. The lowest BCUT2D eigenvalue weighted by Crippen LogP contribution is -2.11. The van der Waals surface area contributed by atoms with Crippen LogP contribution in [0.1, 0.15) is 12.5 Å². The van der Waals surface area contributed by atoms with Crippen LogP contribution in [0.2, 0.25) is 0 Å². The highest BCUT2D eigenvalue weighted by atomic mass is 19.1. The van der Waals surface area contributed by atoms with Gasteiger partial charge in [-0.3, -0.25) is 4.68 Å². The second kappa shape index (κ2) is 5.10. The molecule has 17 heavy (non-hydrogen) atoms. The molecule has 0 amide bonds. The molecular formula is C13H16FN3. The average molecular weight is 233 g/mol. The Labute approximate surface area is 100 Å². The zero-order chi connectivity index (χ0) is 12.3. The summed E-state index contributed by atoms with van der Waals surface area (Å²) in [5.74, 6) is -0.234. The molecule has 0 spiro atoms. The highest BCUT2D eigenvalue weighted by Crippen LogP contribution is 2.22. The number of aromatic nitrogens is 2. The minimum absolute atomic E-state index is 0.234. The number of nitrogens with zero attached hydrogens (tertiary/aromatic N) is 2. The molecule has 1 aromatic heterocycles. The Hall–Kier alpha value is -1.68. The van der Waals surface area contributed by atoms with E-state index in [-0.39, 0.29) is 5.82 Å². The Morgan fingerprint density at radius 2 is 2.24 bits per heavy atom. The Balaban J connectivity index is 2.37. The maximum atomic E-state index is 13.2. The number of nitrogens with one attached hydrogen (secondary N) is 1. The van der Waals surface area contributed by atoms with Gasteiger partial charge in [0.05, 0.1) is 5.69 Å². The smallest absolute Gasteiger partial charge is 0.123 e. The summed E-state index contributed by atoms with van der Waals surface area (Å²) in [6.07, 6.45) is 1.96. The number of aryl methyl sites for hydroxylation is 1. The Kier molecular flexibility index (Phi) is 3.54. The first-order chi connectivity index (χ1) is 8.20. The first-order valence-electron chi connectivity index (χ1n) is 5.70. The van der Waals surface area contributed by atoms with E-state index in [4.69, 9.17) is 0 Å². The van der Waals surface area contributed by atoms with Gasteiger partial charge < -0.3 is 5.32 Å². The normalized spacial score (nSPS) is 10.8. The Morgan fingerprint density at radius 3 is 2.94 bits per heavy atom. The summed E-state index contributed by atoms with van der Waals surface area (Å²) in [5.41, 5.74) is 2.74. The van der Waals surface area contributed by atoms with Crippen molar-refractivity contribution in [3.63, 3.8) is 0 Å². The van der Waals surface area contributed by atoms with Crippen LogP contribution in [0.15, 0.2) is 30.5 Å². The lowest BCUT2D eigenvalue weighted by molar-refractivity contribution is 0.628. The summed E-state index contributed by atoms with van der Waals surface area (Å²) in [6, 6.07) is 6.53. The first kappa shape index (κ1) is 11.8. The van der Waals surface area contributed by atoms with Crippen LogP contribution in [0, 0.1) is 5.82 Å². The van der Waals surface area contributed by atoms with Crippen molar-refractivity contribution in [1.82, 2.24) is 15.1 Å². The summed E-state index contributed by atoms with van der Waals surface area (Å²) in [7, 11) is 1.87. The molecule has 1 heterocycles. The monoisotopic (exact) mass is 233 g/mol. The van der Waals surface area contributed by atoms with E-state index in [0.29, 0.717) is 0 Å². The van der Waals surface area contributed by atoms with Gasteiger partial charge in [0.1, 0.15) is 5.82 Å². The van der Waals surface area contributed by atoms with Gasteiger partial charge in [0.15, 0.2) is 0 Å². The predicted molar refractivity (Wildman–Crippen MR) is 66.0 cm³/mol. The Morgan fingerprint density at radius 1 is 1.41 bits per heavy atom. The van der Waals surface area contributed by atoms with Gasteiger partial charge in [-0.1, -0.05) is 19.1 Å². The molecule has 2 aromatic rings. The van der Waals surface area contributed by atoms with Gasteiger partial charge in [0.2, 0.25) is 0 Å². The summed E-state index contributed by atoms with van der Waals surface area (Å²) in [5, 5.41) is 7.64. The molecule has 0 aliphatic rings. The number of halogens is 1. The van der Waals surface area contributed by atoms with E-state index in [1.54, 1.807) is 10.7 Å². The van der Waals surface area contributed by atoms with E-state index in [2.05, 4.69) is 17.3 Å². The summed E-state index contributed by atoms with van der Waals surface area (Å²) >= 11 is 0. The predicted octanol–water partition coefficient (Wildman–Crippen LogP) is 2.34. The zero-order valence-electron chi connectivity index (χ0n) is 10.1. The number of benzene rings is 1. The van der Waals surface area contributed by atoms with E-state index in [1.807, 2.05) is 19.3 Å². The molecule has 3 nitrogen and oxygen atoms in total. The molecule has 0 radical (unpaired) electrons. The summed E-state index contributed by atoms with van der Waals surface area (Å²) in [6.45, 7) is 3.70. The van der Waals surface area contributed by atoms with Crippen molar-refractivity contribution in [2.24, 2.45) is 7.05 Å². The molecule has 1 aromatic carbocycles. The van der Waals surface area contributed by atoms with Crippen LogP contribution in [0.5, 0.6) is 0 Å². The molecule has 0 aliphatic heterocycles. The average Bonchev–Trinajstić information content (AvgIpc) is 2.68. The molecule has 0 atom stereocenters. The molecule has 0 saturated heterocycles. The van der Waals surface area contributed by atoms with E-state index >= 15 is 0 Å². The van der Waals surface area contributed by atoms with E-state index in [1.165, 1.54) is 12.1 Å². The van der Waals surface area contributed by atoms with Crippen molar-refractivity contribution in [2.45, 2.75) is 13.5 Å². The van der Waals surface area contributed by atoms with E-state index in [9.17, 15) is 4.39 Å². The van der Waals surface area contributed by atoms with E-state index < -0.39 is 0 Å². The van der Waals surface area contributed by atoms with Gasteiger partial charge in [0, 0.05) is 30.9 Å². The fourth-order valence-corrected chi connectivity index (χ4v) is 1.81. The lowest BCUT2D eigenvalue weighted by Gasteiger charge is -2.03. The molecule has 2 rings (SSSR count). The van der Waals surface area contributed by atoms with Crippen molar-refractivity contribution in [2.75, 3.05) is 6.54 Å². The SMILES string of the molecule is CCNCc1cn(C)nc1-c1cccc(F)c1. The van der Waals surface area contributed by atoms with Crippen molar-refractivity contribution in [3.05, 3.63) is 41.8 Å². The minimum atomic E-state index is -0.234. The van der Waals surface area contributed by atoms with Crippen LogP contribution < -0.4 is 5.32 Å². The highest BCUT2D eigenvalue weighted by molar-refractivity contribution is 5.62. The molecule has 0 saturated carbocycles. The fourth-order valence-electron chi connectivity index (χ4n) is 1.81. The topological polar surface area (TPSA) is 29.9 Å². The molecule has 0 unspecified atom stereocenters. The molecule has 1 N–H and O–H groups in total. The highest BCUT2D eigenvalue weighted by Gasteiger charge is 2.10. The standard InChI is InChI=1S/C13H16FN3/c1-3-15-8-11-9-17(2)16-13(11)10-5-4-6-12(14)7-10/h4-7,9,15H,3,8H2,1-2H3. The second-order valence-corrected chi connectivity index (χ2v) is 3.97. The minimum Gasteiger partial charge on any atom is -0.313 e. The molecule has 0 fully saturated rings. The third-order valence-electron chi connectivity index (χ3n) is 2.57. The van der Waals surface area contributed by atoms with Crippen LogP contribution in [0.25, 0.3) is 11.3 Å². The van der Waals surface area contributed by atoms with Gasteiger partial charge >= 0.3 is 0 Å². The third kappa shape index (κ3) is 2.71. The Bertz CT molecular complexity index is 505. The molecule has 90 valence electrons. The number of hydrogen-bond acceptors (Lipinski definition) is 2.